The van der Waals surface area contributed by atoms with Gasteiger partial charge in [0.1, 0.15) is 10.1 Å². The summed E-state index contributed by atoms with van der Waals surface area (Å²) in [4.78, 5) is 11.8. The molecule has 0 spiro atoms. The Morgan fingerprint density at radius 1 is 1.05 bits per heavy atom. The number of halogens is 2. The summed E-state index contributed by atoms with van der Waals surface area (Å²) in [5, 5.41) is 0.514. The van der Waals surface area contributed by atoms with Gasteiger partial charge in [-0.25, -0.2) is 8.42 Å². The minimum absolute atomic E-state index is 0.0473. The van der Waals surface area contributed by atoms with Crippen molar-refractivity contribution < 1.29 is 17.8 Å². The first-order valence-electron chi connectivity index (χ1n) is 5.35. The summed E-state index contributed by atoms with van der Waals surface area (Å²) in [5.41, 5.74) is 0.186. The van der Waals surface area contributed by atoms with Gasteiger partial charge in [-0.2, -0.15) is 0 Å². The summed E-state index contributed by atoms with van der Waals surface area (Å²) >= 11 is 11.7. The van der Waals surface area contributed by atoms with Crippen molar-refractivity contribution in [2.24, 2.45) is 0 Å². The molecule has 0 atom stereocenters. The van der Waals surface area contributed by atoms with E-state index in [0.29, 0.717) is 5.02 Å². The second kappa shape index (κ2) is 5.54. The van der Waals surface area contributed by atoms with E-state index in [9.17, 15) is 17.8 Å². The van der Waals surface area contributed by atoms with Crippen LogP contribution in [0.2, 0.25) is 10.0 Å². The number of carbonyl (C=O) groups is 1. The zero-order chi connectivity index (χ0) is 14.9. The van der Waals surface area contributed by atoms with Gasteiger partial charge in [-0.3, -0.25) is 4.79 Å². The predicted octanol–water partition coefficient (Wildman–Crippen LogP) is 3.13. The van der Waals surface area contributed by atoms with E-state index in [0.717, 1.165) is 12.1 Å². The Morgan fingerprint density at radius 2 is 1.75 bits per heavy atom. The lowest BCUT2D eigenvalue weighted by atomic mass is 10.0. The monoisotopic (exact) mass is 329 g/mol. The number of hydrogen-bond acceptors (Lipinski definition) is 4. The molecule has 0 aromatic heterocycles. The molecule has 2 aromatic rings. The fourth-order valence-electron chi connectivity index (χ4n) is 1.62. The minimum Gasteiger partial charge on any atom is -0.744 e. The van der Waals surface area contributed by atoms with Crippen LogP contribution in [0.5, 0.6) is 0 Å². The quantitative estimate of drug-likeness (QED) is 0.640. The van der Waals surface area contributed by atoms with E-state index in [2.05, 4.69) is 0 Å². The van der Waals surface area contributed by atoms with E-state index in [-0.39, 0.29) is 16.1 Å². The van der Waals surface area contributed by atoms with Gasteiger partial charge in [0.25, 0.3) is 0 Å². The fourth-order valence-corrected chi connectivity index (χ4v) is 2.51. The Balaban J connectivity index is 2.52. The Bertz CT molecular complexity index is 785. The third-order valence-electron chi connectivity index (χ3n) is 2.56. The van der Waals surface area contributed by atoms with Crippen molar-refractivity contribution in [1.29, 1.82) is 0 Å². The third-order valence-corrected chi connectivity index (χ3v) is 3.95. The Labute approximate surface area is 125 Å². The standard InChI is InChI=1S/C13H8Cl2O4S/c14-9-4-5-12(15)11(7-9)13(16)8-2-1-3-10(6-8)20(17,18)19/h1-7H,(H,17,18,19)/p-1. The predicted molar refractivity (Wildman–Crippen MR) is 74.3 cm³/mol. The number of carbonyl (C=O) groups excluding carboxylic acids is 1. The van der Waals surface area contributed by atoms with E-state index in [4.69, 9.17) is 23.2 Å². The highest BCUT2D eigenvalue weighted by atomic mass is 35.5. The lowest BCUT2D eigenvalue weighted by molar-refractivity contribution is 0.103. The smallest absolute Gasteiger partial charge is 0.194 e. The van der Waals surface area contributed by atoms with E-state index in [1.54, 1.807) is 0 Å². The Morgan fingerprint density at radius 3 is 2.40 bits per heavy atom. The third kappa shape index (κ3) is 3.19. The van der Waals surface area contributed by atoms with Crippen LogP contribution in [0, 0.1) is 0 Å². The molecule has 0 saturated carbocycles. The Kier molecular flexibility index (Phi) is 4.15. The SMILES string of the molecule is O=C(c1cccc(S(=O)(=O)[O-])c1)c1cc(Cl)ccc1Cl. The van der Waals surface area contributed by atoms with Crippen molar-refractivity contribution in [1.82, 2.24) is 0 Å². The molecule has 0 radical (unpaired) electrons. The molecule has 2 aromatic carbocycles. The van der Waals surface area contributed by atoms with Gasteiger partial charge in [-0.1, -0.05) is 35.3 Å². The van der Waals surface area contributed by atoms with Crippen molar-refractivity contribution in [2.45, 2.75) is 4.90 Å². The number of benzene rings is 2. The van der Waals surface area contributed by atoms with Crippen molar-refractivity contribution in [3.63, 3.8) is 0 Å². The molecule has 0 bridgehead atoms. The summed E-state index contributed by atoms with van der Waals surface area (Å²) in [6.07, 6.45) is 0. The van der Waals surface area contributed by atoms with Crippen molar-refractivity contribution in [3.05, 3.63) is 63.6 Å². The van der Waals surface area contributed by atoms with Crippen molar-refractivity contribution in [2.75, 3.05) is 0 Å². The average molecular weight is 330 g/mol. The maximum Gasteiger partial charge on any atom is 0.194 e. The first-order chi connectivity index (χ1) is 9.29. The molecule has 20 heavy (non-hydrogen) atoms. The highest BCUT2D eigenvalue weighted by Gasteiger charge is 2.15. The van der Waals surface area contributed by atoms with Gasteiger partial charge >= 0.3 is 0 Å². The summed E-state index contributed by atoms with van der Waals surface area (Å²) in [6, 6.07) is 9.22. The minimum atomic E-state index is -4.62. The lowest BCUT2D eigenvalue weighted by Gasteiger charge is -2.09. The van der Waals surface area contributed by atoms with Gasteiger partial charge < -0.3 is 4.55 Å². The molecule has 104 valence electrons. The number of hydrogen-bond donors (Lipinski definition) is 0. The van der Waals surface area contributed by atoms with Gasteiger partial charge in [0.15, 0.2) is 5.78 Å². The van der Waals surface area contributed by atoms with Gasteiger partial charge in [-0.05, 0) is 30.3 Å². The van der Waals surface area contributed by atoms with Crippen molar-refractivity contribution in [3.8, 4) is 0 Å². The van der Waals surface area contributed by atoms with Crippen LogP contribution in [0.25, 0.3) is 0 Å². The first kappa shape index (κ1) is 15.0. The highest BCUT2D eigenvalue weighted by molar-refractivity contribution is 7.85. The van der Waals surface area contributed by atoms with Crippen LogP contribution in [0.15, 0.2) is 47.4 Å². The molecule has 0 aliphatic heterocycles. The molecule has 7 heteroatoms. The zero-order valence-electron chi connectivity index (χ0n) is 9.84. The van der Waals surface area contributed by atoms with Crippen molar-refractivity contribution >= 4 is 39.1 Å². The van der Waals surface area contributed by atoms with Crippen LogP contribution in [-0.4, -0.2) is 18.8 Å². The summed E-state index contributed by atoms with van der Waals surface area (Å²) in [6.45, 7) is 0. The molecule has 0 N–H and O–H groups in total. The molecule has 0 aliphatic rings. The molecule has 0 fully saturated rings. The molecular formula is C13H7Cl2O4S-. The maximum absolute atomic E-state index is 12.3. The highest BCUT2D eigenvalue weighted by Crippen LogP contribution is 2.24. The van der Waals surface area contributed by atoms with Gasteiger partial charge in [-0.15, -0.1) is 0 Å². The van der Waals surface area contributed by atoms with Crippen LogP contribution in [-0.2, 0) is 10.1 Å². The maximum atomic E-state index is 12.3. The molecule has 0 aliphatic carbocycles. The largest absolute Gasteiger partial charge is 0.744 e. The van der Waals surface area contributed by atoms with Gasteiger partial charge in [0.2, 0.25) is 0 Å². The normalized spacial score (nSPS) is 11.3. The molecule has 0 saturated heterocycles. The van der Waals surface area contributed by atoms with Gasteiger partial charge in [0.05, 0.1) is 9.92 Å². The Hall–Kier alpha value is -1.40. The number of rotatable bonds is 3. The van der Waals surface area contributed by atoms with Gasteiger partial charge in [0, 0.05) is 16.1 Å². The summed E-state index contributed by atoms with van der Waals surface area (Å²) < 4.78 is 32.9. The van der Waals surface area contributed by atoms with E-state index in [1.165, 1.54) is 30.3 Å². The molecule has 4 nitrogen and oxygen atoms in total. The average Bonchev–Trinajstić information content (AvgIpc) is 2.40. The molecule has 0 unspecified atom stereocenters. The second-order valence-corrected chi connectivity index (χ2v) is 6.16. The molecule has 0 heterocycles. The van der Waals surface area contributed by atoms with Crippen LogP contribution < -0.4 is 0 Å². The van der Waals surface area contributed by atoms with E-state index in [1.807, 2.05) is 0 Å². The van der Waals surface area contributed by atoms with E-state index < -0.39 is 20.8 Å². The zero-order valence-corrected chi connectivity index (χ0v) is 12.2. The van der Waals surface area contributed by atoms with Crippen LogP contribution >= 0.6 is 23.2 Å². The van der Waals surface area contributed by atoms with Crippen LogP contribution in [0.3, 0.4) is 0 Å². The fraction of sp³-hybridized carbons (Fsp3) is 0. The molecular weight excluding hydrogens is 323 g/mol. The molecule has 0 amide bonds. The summed E-state index contributed by atoms with van der Waals surface area (Å²) in [5.74, 6) is -0.511. The lowest BCUT2D eigenvalue weighted by Crippen LogP contribution is -2.05. The van der Waals surface area contributed by atoms with Crippen LogP contribution in [0.1, 0.15) is 15.9 Å². The topological polar surface area (TPSA) is 74.3 Å². The number of ketones is 1. The first-order valence-corrected chi connectivity index (χ1v) is 7.51. The summed E-state index contributed by atoms with van der Waals surface area (Å²) in [7, 11) is -4.62. The van der Waals surface area contributed by atoms with E-state index >= 15 is 0 Å². The van der Waals surface area contributed by atoms with Crippen LogP contribution in [0.4, 0.5) is 0 Å². The second-order valence-electron chi connectivity index (χ2n) is 3.94. The molecule has 2 rings (SSSR count).